The molecule has 1 aromatic carbocycles. The average molecular weight is 430 g/mol. The molecule has 0 bridgehead atoms. The molecule has 8 nitrogen and oxygen atoms in total. The van der Waals surface area contributed by atoms with Gasteiger partial charge < -0.3 is 19.7 Å². The number of ether oxygens (including phenoxy) is 2. The molecule has 1 aromatic rings. The first-order valence-corrected chi connectivity index (χ1v) is 12.0. The Morgan fingerprint density at radius 2 is 1.71 bits per heavy atom. The van der Waals surface area contributed by atoms with Gasteiger partial charge in [0, 0.05) is 26.2 Å². The Labute approximate surface area is 170 Å². The van der Waals surface area contributed by atoms with Crippen LogP contribution in [0.4, 0.5) is 11.4 Å². The fraction of sp³-hybridized carbons (Fsp3) is 0.611. The lowest BCUT2D eigenvalue weighted by Crippen LogP contribution is -2.40. The molecule has 0 aliphatic carbocycles. The van der Waals surface area contributed by atoms with Crippen LogP contribution in [0.5, 0.6) is 0 Å². The molecule has 1 N–H and O–H groups in total. The van der Waals surface area contributed by atoms with Crippen LogP contribution in [0.3, 0.4) is 0 Å². The summed E-state index contributed by atoms with van der Waals surface area (Å²) in [6, 6.07) is 4.96. The minimum atomic E-state index is -3.64. The number of benzene rings is 1. The molecule has 3 rings (SSSR count). The number of rotatable bonds is 6. The van der Waals surface area contributed by atoms with Crippen LogP contribution in [0.15, 0.2) is 23.1 Å². The zero-order valence-corrected chi connectivity index (χ0v) is 17.9. The van der Waals surface area contributed by atoms with Crippen molar-refractivity contribution in [3.8, 4) is 0 Å². The minimum Gasteiger partial charge on any atom is -0.379 e. The van der Waals surface area contributed by atoms with Gasteiger partial charge in [-0.2, -0.15) is 16.1 Å². The van der Waals surface area contributed by atoms with Crippen LogP contribution in [-0.2, 0) is 24.3 Å². The van der Waals surface area contributed by atoms with Crippen molar-refractivity contribution in [2.24, 2.45) is 0 Å². The largest absolute Gasteiger partial charge is 0.379 e. The van der Waals surface area contributed by atoms with Crippen LogP contribution in [-0.4, -0.2) is 82.7 Å². The van der Waals surface area contributed by atoms with Crippen molar-refractivity contribution in [1.29, 1.82) is 0 Å². The molecule has 2 heterocycles. The molecule has 2 saturated heterocycles. The first kappa shape index (κ1) is 21.4. The summed E-state index contributed by atoms with van der Waals surface area (Å²) in [5, 5.41) is 2.69. The first-order chi connectivity index (χ1) is 13.4. The normalized spacial score (nSPS) is 20.0. The van der Waals surface area contributed by atoms with E-state index in [9.17, 15) is 13.2 Å². The maximum atomic E-state index is 13.0. The van der Waals surface area contributed by atoms with Crippen molar-refractivity contribution >= 4 is 39.1 Å². The molecule has 0 aromatic heterocycles. The van der Waals surface area contributed by atoms with E-state index in [0.717, 1.165) is 5.69 Å². The maximum absolute atomic E-state index is 13.0. The number of sulfonamides is 1. The molecule has 10 heteroatoms. The molecule has 1 unspecified atom stereocenters. The van der Waals surface area contributed by atoms with Gasteiger partial charge in [0.25, 0.3) is 0 Å². The quantitative estimate of drug-likeness (QED) is 0.728. The topological polar surface area (TPSA) is 88.2 Å². The van der Waals surface area contributed by atoms with Crippen LogP contribution in [0.1, 0.15) is 6.92 Å². The highest BCUT2D eigenvalue weighted by Gasteiger charge is 2.28. The average Bonchev–Trinajstić information content (AvgIpc) is 2.74. The monoisotopic (exact) mass is 429 g/mol. The van der Waals surface area contributed by atoms with Crippen molar-refractivity contribution in [2.45, 2.75) is 17.1 Å². The second-order valence-corrected chi connectivity index (χ2v) is 9.78. The Balaban J connectivity index is 1.94. The fourth-order valence-corrected chi connectivity index (χ4v) is 4.84. The van der Waals surface area contributed by atoms with E-state index in [0.29, 0.717) is 58.3 Å². The molecule has 0 radical (unpaired) electrons. The number of anilines is 2. The lowest BCUT2D eigenvalue weighted by molar-refractivity contribution is -0.115. The van der Waals surface area contributed by atoms with Gasteiger partial charge in [0.2, 0.25) is 15.9 Å². The molecule has 2 aliphatic rings. The number of nitrogens with one attached hydrogen (secondary N) is 1. The Kier molecular flexibility index (Phi) is 7.21. The van der Waals surface area contributed by atoms with E-state index in [1.165, 1.54) is 16.1 Å². The molecule has 0 saturated carbocycles. The third-order valence-electron chi connectivity index (χ3n) is 4.91. The van der Waals surface area contributed by atoms with Gasteiger partial charge in [0.1, 0.15) is 0 Å². The first-order valence-electron chi connectivity index (χ1n) is 9.32. The number of hydrogen-bond donors (Lipinski definition) is 1. The van der Waals surface area contributed by atoms with E-state index in [-0.39, 0.29) is 16.1 Å². The lowest BCUT2D eigenvalue weighted by atomic mass is 10.2. The summed E-state index contributed by atoms with van der Waals surface area (Å²) < 4.78 is 38.1. The van der Waals surface area contributed by atoms with E-state index < -0.39 is 10.0 Å². The van der Waals surface area contributed by atoms with Crippen LogP contribution in [0, 0.1) is 0 Å². The molecule has 28 heavy (non-hydrogen) atoms. The number of hydrogen-bond acceptors (Lipinski definition) is 7. The van der Waals surface area contributed by atoms with Gasteiger partial charge in [-0.15, -0.1) is 0 Å². The van der Waals surface area contributed by atoms with Crippen molar-refractivity contribution in [3.05, 3.63) is 18.2 Å². The molecule has 2 aliphatic heterocycles. The van der Waals surface area contributed by atoms with Crippen molar-refractivity contribution in [1.82, 2.24) is 4.31 Å². The van der Waals surface area contributed by atoms with E-state index >= 15 is 0 Å². The Bertz CT molecular complexity index is 790. The summed E-state index contributed by atoms with van der Waals surface area (Å²) >= 11 is 1.44. The van der Waals surface area contributed by atoms with E-state index in [1.807, 2.05) is 13.2 Å². The fourth-order valence-electron chi connectivity index (χ4n) is 3.13. The zero-order valence-electron chi connectivity index (χ0n) is 16.2. The van der Waals surface area contributed by atoms with Gasteiger partial charge in [0.15, 0.2) is 0 Å². The standard InChI is InChI=1S/C18H27N3O5S2/c1-14(27-2)18(22)19-16-13-15(28(23,24)21-7-11-26-12-8-21)3-4-17(16)20-5-9-25-10-6-20/h3-4,13-14H,5-12H2,1-2H3,(H,19,22). The SMILES string of the molecule is CSC(C)C(=O)Nc1cc(S(=O)(=O)N2CCOCC2)ccc1N1CCOCC1. The van der Waals surface area contributed by atoms with Crippen LogP contribution in [0.25, 0.3) is 0 Å². The van der Waals surface area contributed by atoms with E-state index in [4.69, 9.17) is 9.47 Å². The summed E-state index contributed by atoms with van der Waals surface area (Å²) in [5.74, 6) is -0.150. The summed E-state index contributed by atoms with van der Waals surface area (Å²) in [6.07, 6.45) is 1.87. The number of thioether (sulfide) groups is 1. The molecule has 1 amide bonds. The summed E-state index contributed by atoms with van der Waals surface area (Å²) in [7, 11) is -3.64. The second-order valence-electron chi connectivity index (χ2n) is 6.66. The van der Waals surface area contributed by atoms with Gasteiger partial charge >= 0.3 is 0 Å². The third-order valence-corrected chi connectivity index (χ3v) is 7.72. The van der Waals surface area contributed by atoms with Crippen molar-refractivity contribution in [3.63, 3.8) is 0 Å². The van der Waals surface area contributed by atoms with Gasteiger partial charge in [-0.3, -0.25) is 4.79 Å². The molecular formula is C18H27N3O5S2. The Morgan fingerprint density at radius 1 is 1.11 bits per heavy atom. The van der Waals surface area contributed by atoms with Crippen LogP contribution in [0.2, 0.25) is 0 Å². The van der Waals surface area contributed by atoms with Gasteiger partial charge in [-0.1, -0.05) is 0 Å². The number of morpholine rings is 2. The van der Waals surface area contributed by atoms with Gasteiger partial charge in [-0.05, 0) is 31.4 Å². The van der Waals surface area contributed by atoms with Crippen LogP contribution < -0.4 is 10.2 Å². The molecule has 0 spiro atoms. The van der Waals surface area contributed by atoms with Gasteiger partial charge in [0.05, 0.1) is 47.9 Å². The zero-order chi connectivity index (χ0) is 20.1. The highest BCUT2D eigenvalue weighted by atomic mass is 32.2. The molecular weight excluding hydrogens is 402 g/mol. The minimum absolute atomic E-state index is 0.150. The summed E-state index contributed by atoms with van der Waals surface area (Å²) in [4.78, 5) is 14.8. The van der Waals surface area contributed by atoms with Gasteiger partial charge in [-0.25, -0.2) is 8.42 Å². The summed E-state index contributed by atoms with van der Waals surface area (Å²) in [5.41, 5.74) is 1.33. The second kappa shape index (κ2) is 9.45. The highest BCUT2D eigenvalue weighted by molar-refractivity contribution is 7.99. The summed E-state index contributed by atoms with van der Waals surface area (Å²) in [6.45, 7) is 5.85. The maximum Gasteiger partial charge on any atom is 0.243 e. The van der Waals surface area contributed by atoms with E-state index in [1.54, 1.807) is 18.2 Å². The predicted octanol–water partition coefficient (Wildman–Crippen LogP) is 1.23. The highest BCUT2D eigenvalue weighted by Crippen LogP contribution is 2.31. The number of carbonyl (C=O) groups excluding carboxylic acids is 1. The molecule has 2 fully saturated rings. The predicted molar refractivity (Wildman–Crippen MR) is 111 cm³/mol. The number of amides is 1. The third kappa shape index (κ3) is 4.80. The lowest BCUT2D eigenvalue weighted by Gasteiger charge is -2.31. The van der Waals surface area contributed by atoms with Crippen molar-refractivity contribution < 1.29 is 22.7 Å². The Hall–Kier alpha value is -1.33. The number of nitrogens with zero attached hydrogens (tertiary/aromatic N) is 2. The smallest absolute Gasteiger partial charge is 0.243 e. The molecule has 156 valence electrons. The van der Waals surface area contributed by atoms with E-state index in [2.05, 4.69) is 10.2 Å². The van der Waals surface area contributed by atoms with Crippen molar-refractivity contribution in [2.75, 3.05) is 69.1 Å². The van der Waals surface area contributed by atoms with Crippen LogP contribution >= 0.6 is 11.8 Å². The molecule has 1 atom stereocenters. The number of carbonyl (C=O) groups is 1. The Morgan fingerprint density at radius 3 is 2.32 bits per heavy atom.